The second kappa shape index (κ2) is 10.9. The van der Waals surface area contributed by atoms with Crippen LogP contribution >= 0.6 is 0 Å². The predicted molar refractivity (Wildman–Crippen MR) is 62.0 cm³/mol. The summed E-state index contributed by atoms with van der Waals surface area (Å²) in [5.74, 6) is 2.05. The van der Waals surface area contributed by atoms with Gasteiger partial charge in [-0.1, -0.05) is 5.11 Å². The number of azide groups is 1. The minimum Gasteiger partial charge on any atom is -0.396 e. The molecule has 0 aromatic heterocycles. The van der Waals surface area contributed by atoms with Crippen molar-refractivity contribution in [2.75, 3.05) is 13.2 Å². The summed E-state index contributed by atoms with van der Waals surface area (Å²) in [6.07, 6.45) is 15.3. The van der Waals surface area contributed by atoms with Gasteiger partial charge in [-0.25, -0.2) is 0 Å². The van der Waals surface area contributed by atoms with E-state index in [-0.39, 0.29) is 23.7 Å². The van der Waals surface area contributed by atoms with E-state index in [1.165, 1.54) is 0 Å². The van der Waals surface area contributed by atoms with Gasteiger partial charge in [-0.2, -0.15) is 0 Å². The summed E-state index contributed by atoms with van der Waals surface area (Å²) in [5.41, 5.74) is 7.92. The Morgan fingerprint density at radius 2 is 1.47 bits per heavy atom. The van der Waals surface area contributed by atoms with Crippen LogP contribution in [0.1, 0.15) is 0 Å². The minimum atomic E-state index is 0. The first-order chi connectivity index (χ1) is 7.86. The molecule has 0 aromatic rings. The quantitative estimate of drug-likeness (QED) is 0.363. The molecule has 2 rings (SSSR count). The predicted octanol–water partition coefficient (Wildman–Crippen LogP) is 2.08. The van der Waals surface area contributed by atoms with Crippen LogP contribution in [0.4, 0.5) is 0 Å². The van der Waals surface area contributed by atoms with Gasteiger partial charge >= 0.3 is 17.1 Å². The van der Waals surface area contributed by atoms with E-state index < -0.39 is 0 Å². The van der Waals surface area contributed by atoms with Crippen LogP contribution in [0.2, 0.25) is 0 Å². The molecule has 0 heterocycles. The SMILES string of the molecule is OC[C]1[CH][CH][CH][CH]1.[Fe+2].[N-]=[N+]=NC[C]1[CH][CH][CH][CH]1. The van der Waals surface area contributed by atoms with Gasteiger partial charge in [0.1, 0.15) is 0 Å². The van der Waals surface area contributed by atoms with Gasteiger partial charge < -0.3 is 5.11 Å². The van der Waals surface area contributed by atoms with Crippen LogP contribution in [-0.4, -0.2) is 18.3 Å². The number of aliphatic hydroxyl groups excluding tert-OH is 1. The summed E-state index contributed by atoms with van der Waals surface area (Å²) in [5, 5.41) is 11.8. The van der Waals surface area contributed by atoms with Crippen molar-refractivity contribution in [1.29, 1.82) is 0 Å². The average molecular weight is 271 g/mol. The van der Waals surface area contributed by atoms with Crippen LogP contribution in [0.15, 0.2) is 5.11 Å². The number of aliphatic hydroxyl groups is 1. The van der Waals surface area contributed by atoms with Gasteiger partial charge in [0.05, 0.1) is 0 Å². The Bertz CT molecular complexity index is 220. The summed E-state index contributed by atoms with van der Waals surface area (Å²) in [7, 11) is 0. The topological polar surface area (TPSA) is 69.0 Å². The first-order valence-electron chi connectivity index (χ1n) is 4.89. The van der Waals surface area contributed by atoms with Crippen LogP contribution < -0.4 is 0 Å². The Labute approximate surface area is 114 Å². The zero-order chi connectivity index (χ0) is 11.6. The average Bonchev–Trinajstić information content (AvgIpc) is 3.00. The minimum absolute atomic E-state index is 0. The molecule has 0 atom stereocenters. The molecule has 10 radical (unpaired) electrons. The van der Waals surface area contributed by atoms with Crippen molar-refractivity contribution in [3.8, 4) is 0 Å². The van der Waals surface area contributed by atoms with Crippen LogP contribution in [0.25, 0.3) is 10.4 Å². The van der Waals surface area contributed by atoms with Gasteiger partial charge in [-0.15, -0.1) is 0 Å². The van der Waals surface area contributed by atoms with Crippen molar-refractivity contribution < 1.29 is 22.2 Å². The summed E-state index contributed by atoms with van der Waals surface area (Å²) in [4.78, 5) is 2.64. The molecule has 4 nitrogen and oxygen atoms in total. The van der Waals surface area contributed by atoms with E-state index in [1.54, 1.807) is 0 Å². The summed E-state index contributed by atoms with van der Waals surface area (Å²) in [6, 6.07) is 0. The Hall–Kier alpha value is -0.211. The van der Waals surface area contributed by atoms with Crippen LogP contribution in [0.5, 0.6) is 0 Å². The van der Waals surface area contributed by atoms with Crippen LogP contribution in [0, 0.1) is 63.2 Å². The Morgan fingerprint density at radius 1 is 1.00 bits per heavy atom. The maximum absolute atomic E-state index is 8.43. The molecule has 0 aromatic carbocycles. The van der Waals surface area contributed by atoms with E-state index in [0.717, 1.165) is 11.8 Å². The van der Waals surface area contributed by atoms with Gasteiger partial charge in [-0.05, 0) is 62.8 Å². The number of nitrogens with zero attached hydrogens (tertiary/aromatic N) is 3. The van der Waals surface area contributed by atoms with Crippen molar-refractivity contribution >= 4 is 0 Å². The maximum atomic E-state index is 8.43. The van der Waals surface area contributed by atoms with E-state index in [0.29, 0.717) is 6.54 Å². The first-order valence-corrected chi connectivity index (χ1v) is 4.89. The van der Waals surface area contributed by atoms with Crippen molar-refractivity contribution in [3.63, 3.8) is 0 Å². The number of rotatable bonds is 3. The third kappa shape index (κ3) is 7.67. The maximum Gasteiger partial charge on any atom is 2.00 e. The second-order valence-electron chi connectivity index (χ2n) is 3.13. The van der Waals surface area contributed by atoms with Crippen LogP contribution in [-0.2, 0) is 17.1 Å². The molecule has 2 fully saturated rings. The molecule has 1 N–H and O–H groups in total. The third-order valence-corrected chi connectivity index (χ3v) is 1.96. The molecule has 0 bridgehead atoms. The fourth-order valence-electron chi connectivity index (χ4n) is 1.15. The van der Waals surface area contributed by atoms with E-state index in [9.17, 15) is 0 Å². The van der Waals surface area contributed by atoms with Crippen molar-refractivity contribution in [2.24, 2.45) is 5.11 Å². The smallest absolute Gasteiger partial charge is 0.396 e. The summed E-state index contributed by atoms with van der Waals surface area (Å²) < 4.78 is 0. The zero-order valence-electron chi connectivity index (χ0n) is 9.18. The van der Waals surface area contributed by atoms with Gasteiger partial charge in [0.2, 0.25) is 0 Å². The molecule has 2 saturated carbocycles. The first kappa shape index (κ1) is 16.8. The summed E-state index contributed by atoms with van der Waals surface area (Å²) in [6.45, 7) is 0.622. The largest absolute Gasteiger partial charge is 2.00 e. The Morgan fingerprint density at radius 3 is 1.82 bits per heavy atom. The molecule has 0 unspecified atom stereocenters. The molecule has 5 heteroatoms. The molecule has 0 aliphatic heterocycles. The van der Waals surface area contributed by atoms with E-state index in [4.69, 9.17) is 10.6 Å². The molecular weight excluding hydrogens is 258 g/mol. The third-order valence-electron chi connectivity index (χ3n) is 1.96. The van der Waals surface area contributed by atoms with E-state index in [1.807, 2.05) is 51.4 Å². The molecule has 0 spiro atoms. The number of hydrogen-bond donors (Lipinski definition) is 1. The molecule has 0 amide bonds. The van der Waals surface area contributed by atoms with Crippen molar-refractivity contribution in [3.05, 3.63) is 73.6 Å². The number of hydrogen-bond acceptors (Lipinski definition) is 2. The van der Waals surface area contributed by atoms with Crippen molar-refractivity contribution in [2.45, 2.75) is 0 Å². The summed E-state index contributed by atoms with van der Waals surface area (Å²) >= 11 is 0. The van der Waals surface area contributed by atoms with Gasteiger partial charge in [0.15, 0.2) is 0 Å². The zero-order valence-corrected chi connectivity index (χ0v) is 10.3. The molecule has 2 aliphatic rings. The van der Waals surface area contributed by atoms with E-state index >= 15 is 0 Å². The monoisotopic (exact) mass is 271 g/mol. The normalized spacial score (nSPS) is 20.1. The second-order valence-corrected chi connectivity index (χ2v) is 3.13. The molecule has 17 heavy (non-hydrogen) atoms. The molecule has 2 aliphatic carbocycles. The Kier molecular flexibility index (Phi) is 10.8. The molecule has 0 saturated heterocycles. The Balaban J connectivity index is 0.000000292. The molecular formula is C12H13FeN3O+2. The van der Waals surface area contributed by atoms with E-state index in [2.05, 4.69) is 10.0 Å². The fourth-order valence-corrected chi connectivity index (χ4v) is 1.15. The van der Waals surface area contributed by atoms with Crippen molar-refractivity contribution in [1.82, 2.24) is 0 Å². The standard InChI is InChI=1S/C6H6N3.C6H7O.Fe/c7-9-8-5-6-3-1-2-4-6;7-5-6-3-1-2-4-6;/h1-4H,5H2;1-4,7H,5H2;/q;;+2. The van der Waals surface area contributed by atoms with Gasteiger partial charge in [0, 0.05) is 24.0 Å². The van der Waals surface area contributed by atoms with Crippen LogP contribution in [0.3, 0.4) is 0 Å². The van der Waals surface area contributed by atoms with Gasteiger partial charge in [0.25, 0.3) is 0 Å². The van der Waals surface area contributed by atoms with Gasteiger partial charge in [-0.3, -0.25) is 0 Å². The fraction of sp³-hybridized carbons (Fsp3) is 0.167. The molecule has 88 valence electrons.